The lowest BCUT2D eigenvalue weighted by Crippen LogP contribution is -2.36. The molecule has 176 valence electrons. The van der Waals surface area contributed by atoms with E-state index in [1.165, 1.54) is 23.1 Å². The molecule has 0 aromatic heterocycles. The Morgan fingerprint density at radius 2 is 1.64 bits per heavy atom. The topological polar surface area (TPSA) is 101 Å². The van der Waals surface area contributed by atoms with Gasteiger partial charge in [0.05, 0.1) is 33.6 Å². The fraction of sp³-hybridized carbons (Fsp3) is 0.304. The van der Waals surface area contributed by atoms with Crippen LogP contribution in [0.5, 0.6) is 0 Å². The minimum Gasteiger partial charge on any atom is -0.478 e. The van der Waals surface area contributed by atoms with E-state index in [2.05, 4.69) is 0 Å². The van der Waals surface area contributed by atoms with E-state index in [9.17, 15) is 24.3 Å². The van der Waals surface area contributed by atoms with Crippen molar-refractivity contribution < 1.29 is 29.0 Å². The van der Waals surface area contributed by atoms with E-state index in [4.69, 9.17) is 39.5 Å². The van der Waals surface area contributed by atoms with E-state index in [1.807, 2.05) is 0 Å². The minimum absolute atomic E-state index is 0.0404. The first kappa shape index (κ1) is 26.6. The first-order valence-electron chi connectivity index (χ1n) is 9.88. The standard InChI is InChI=1S/C23H22Cl3NO6/c1-4-23(2,3)33-22(32)19(28)11-20(29)27(12-13-5-8-16(24)18(26)9-13)14-6-7-15(21(30)31)17(25)10-14/h5-10H,4,11-12H2,1-3H3,(H,30,31). The molecule has 0 aliphatic rings. The fourth-order valence-electron chi connectivity index (χ4n) is 2.67. The van der Waals surface area contributed by atoms with Gasteiger partial charge in [-0.2, -0.15) is 0 Å². The summed E-state index contributed by atoms with van der Waals surface area (Å²) in [6.07, 6.45) is -0.268. The van der Waals surface area contributed by atoms with Crippen molar-refractivity contribution in [1.29, 1.82) is 0 Å². The van der Waals surface area contributed by atoms with Crippen LogP contribution in [0.4, 0.5) is 5.69 Å². The molecule has 2 aromatic carbocycles. The molecule has 7 nitrogen and oxygen atoms in total. The highest BCUT2D eigenvalue weighted by Gasteiger charge is 2.29. The molecule has 0 fully saturated rings. The number of nitrogens with zero attached hydrogens (tertiary/aromatic N) is 1. The number of Topliss-reactive ketones (excluding diaryl/α,β-unsaturated/α-hetero) is 1. The number of carbonyl (C=O) groups excluding carboxylic acids is 3. The summed E-state index contributed by atoms with van der Waals surface area (Å²) in [6.45, 7) is 5.07. The Balaban J connectivity index is 2.35. The number of aromatic carboxylic acids is 1. The number of esters is 1. The first-order chi connectivity index (χ1) is 15.3. The van der Waals surface area contributed by atoms with Crippen LogP contribution in [0.15, 0.2) is 36.4 Å². The average molecular weight is 515 g/mol. The summed E-state index contributed by atoms with van der Waals surface area (Å²) < 4.78 is 5.17. The molecular weight excluding hydrogens is 493 g/mol. The summed E-state index contributed by atoms with van der Waals surface area (Å²) in [7, 11) is 0. The monoisotopic (exact) mass is 513 g/mol. The third-order valence-electron chi connectivity index (χ3n) is 4.88. The van der Waals surface area contributed by atoms with Gasteiger partial charge in [0.25, 0.3) is 0 Å². The van der Waals surface area contributed by atoms with Crippen molar-refractivity contribution in [2.24, 2.45) is 0 Å². The second-order valence-corrected chi connectivity index (χ2v) is 9.02. The predicted octanol–water partition coefficient (Wildman–Crippen LogP) is 5.57. The number of anilines is 1. The third-order valence-corrected chi connectivity index (χ3v) is 5.93. The molecule has 0 radical (unpaired) electrons. The highest BCUT2D eigenvalue weighted by Crippen LogP contribution is 2.28. The lowest BCUT2D eigenvalue weighted by Gasteiger charge is -2.25. The summed E-state index contributed by atoms with van der Waals surface area (Å²) in [5, 5.41) is 9.69. The van der Waals surface area contributed by atoms with Gasteiger partial charge in [-0.05, 0) is 56.2 Å². The number of ether oxygens (including phenoxy) is 1. The van der Waals surface area contributed by atoms with E-state index < -0.39 is 35.7 Å². The summed E-state index contributed by atoms with van der Waals surface area (Å²) in [4.78, 5) is 50.1. The highest BCUT2D eigenvalue weighted by atomic mass is 35.5. The van der Waals surface area contributed by atoms with E-state index in [0.29, 0.717) is 17.0 Å². The predicted molar refractivity (Wildman–Crippen MR) is 126 cm³/mol. The molecule has 0 saturated carbocycles. The van der Waals surface area contributed by atoms with Gasteiger partial charge < -0.3 is 14.7 Å². The van der Waals surface area contributed by atoms with Crippen LogP contribution in [0, 0.1) is 0 Å². The minimum atomic E-state index is -1.23. The maximum Gasteiger partial charge on any atom is 0.375 e. The van der Waals surface area contributed by atoms with Crippen LogP contribution in [-0.4, -0.2) is 34.3 Å². The molecule has 10 heteroatoms. The molecule has 0 aliphatic heterocycles. The van der Waals surface area contributed by atoms with Gasteiger partial charge in [-0.1, -0.05) is 47.8 Å². The molecule has 2 rings (SSSR count). The molecule has 33 heavy (non-hydrogen) atoms. The highest BCUT2D eigenvalue weighted by molar-refractivity contribution is 6.42. The van der Waals surface area contributed by atoms with Gasteiger partial charge in [0.15, 0.2) is 0 Å². The largest absolute Gasteiger partial charge is 0.478 e. The Morgan fingerprint density at radius 3 is 2.18 bits per heavy atom. The van der Waals surface area contributed by atoms with Crippen molar-refractivity contribution in [2.45, 2.75) is 45.8 Å². The van der Waals surface area contributed by atoms with Crippen molar-refractivity contribution in [2.75, 3.05) is 4.90 Å². The molecule has 0 saturated heterocycles. The zero-order chi connectivity index (χ0) is 24.9. The quantitative estimate of drug-likeness (QED) is 0.267. The first-order valence-corrected chi connectivity index (χ1v) is 11.0. The Kier molecular flexibility index (Phi) is 8.89. The summed E-state index contributed by atoms with van der Waals surface area (Å²) >= 11 is 18.1. The van der Waals surface area contributed by atoms with E-state index >= 15 is 0 Å². The number of hydrogen-bond acceptors (Lipinski definition) is 5. The van der Waals surface area contributed by atoms with Crippen LogP contribution in [0.3, 0.4) is 0 Å². The molecule has 0 aliphatic carbocycles. The molecule has 1 N–H and O–H groups in total. The second-order valence-electron chi connectivity index (χ2n) is 7.80. The van der Waals surface area contributed by atoms with Crippen LogP contribution in [-0.2, 0) is 25.7 Å². The van der Waals surface area contributed by atoms with Crippen LogP contribution < -0.4 is 4.90 Å². The van der Waals surface area contributed by atoms with E-state index in [-0.39, 0.29) is 27.8 Å². The van der Waals surface area contributed by atoms with Gasteiger partial charge in [-0.3, -0.25) is 9.59 Å². The van der Waals surface area contributed by atoms with Crippen molar-refractivity contribution in [3.63, 3.8) is 0 Å². The smallest absolute Gasteiger partial charge is 0.375 e. The number of amides is 1. The number of ketones is 1. The Hall–Kier alpha value is -2.61. The Labute approximate surface area is 206 Å². The number of carboxylic acid groups (broad SMARTS) is 1. The number of benzene rings is 2. The Morgan fingerprint density at radius 1 is 0.970 bits per heavy atom. The molecule has 1 amide bonds. The zero-order valence-electron chi connectivity index (χ0n) is 18.2. The van der Waals surface area contributed by atoms with Crippen molar-refractivity contribution in [3.05, 3.63) is 62.6 Å². The Bertz CT molecular complexity index is 1100. The van der Waals surface area contributed by atoms with Gasteiger partial charge in [0.1, 0.15) is 5.60 Å². The molecule has 0 spiro atoms. The normalized spacial score (nSPS) is 11.1. The van der Waals surface area contributed by atoms with Crippen LogP contribution >= 0.6 is 34.8 Å². The number of carbonyl (C=O) groups is 4. The van der Waals surface area contributed by atoms with E-state index in [0.717, 1.165) is 0 Å². The average Bonchev–Trinajstić information content (AvgIpc) is 2.73. The fourth-order valence-corrected chi connectivity index (χ4v) is 3.25. The number of carboxylic acids is 1. The SMILES string of the molecule is CCC(C)(C)OC(=O)C(=O)CC(=O)N(Cc1ccc(Cl)c(Cl)c1)c1ccc(C(=O)O)c(Cl)c1. The molecule has 0 heterocycles. The molecule has 2 aromatic rings. The van der Waals surface area contributed by atoms with Crippen molar-refractivity contribution in [3.8, 4) is 0 Å². The van der Waals surface area contributed by atoms with Gasteiger partial charge in [-0.25, -0.2) is 9.59 Å². The molecule has 0 bridgehead atoms. The second kappa shape index (κ2) is 11.0. The van der Waals surface area contributed by atoms with Gasteiger partial charge in [0.2, 0.25) is 11.7 Å². The van der Waals surface area contributed by atoms with Crippen molar-refractivity contribution >= 4 is 64.1 Å². The number of halogens is 3. The summed E-state index contributed by atoms with van der Waals surface area (Å²) in [5.74, 6) is -4.06. The van der Waals surface area contributed by atoms with Gasteiger partial charge >= 0.3 is 11.9 Å². The van der Waals surface area contributed by atoms with Crippen LogP contribution in [0.1, 0.15) is 49.5 Å². The lowest BCUT2D eigenvalue weighted by atomic mass is 10.1. The third kappa shape index (κ3) is 7.19. The van der Waals surface area contributed by atoms with Gasteiger partial charge in [-0.15, -0.1) is 0 Å². The van der Waals surface area contributed by atoms with Gasteiger partial charge in [0, 0.05) is 5.69 Å². The lowest BCUT2D eigenvalue weighted by molar-refractivity contribution is -0.164. The number of rotatable bonds is 9. The zero-order valence-corrected chi connectivity index (χ0v) is 20.4. The van der Waals surface area contributed by atoms with Crippen molar-refractivity contribution in [1.82, 2.24) is 0 Å². The summed E-state index contributed by atoms with van der Waals surface area (Å²) in [6, 6.07) is 8.67. The number of hydrogen-bond donors (Lipinski definition) is 1. The van der Waals surface area contributed by atoms with Crippen LogP contribution in [0.2, 0.25) is 15.1 Å². The van der Waals surface area contributed by atoms with E-state index in [1.54, 1.807) is 39.0 Å². The molecule has 0 atom stereocenters. The molecular formula is C23H22Cl3NO6. The molecule has 0 unspecified atom stereocenters. The summed E-state index contributed by atoms with van der Waals surface area (Å²) in [5.41, 5.74) is -0.186. The van der Waals surface area contributed by atoms with Crippen LogP contribution in [0.25, 0.3) is 0 Å². The maximum atomic E-state index is 13.1. The maximum absolute atomic E-state index is 13.1.